The van der Waals surface area contributed by atoms with Crippen molar-refractivity contribution >= 4 is 0 Å². The Morgan fingerprint density at radius 1 is 1.24 bits per heavy atom. The van der Waals surface area contributed by atoms with E-state index in [4.69, 9.17) is 5.73 Å². The highest BCUT2D eigenvalue weighted by atomic mass is 19.4. The Morgan fingerprint density at radius 3 is 2.06 bits per heavy atom. The fourth-order valence-corrected chi connectivity index (χ4v) is 1.33. The highest BCUT2D eigenvalue weighted by Gasteiger charge is 2.45. The lowest BCUT2D eigenvalue weighted by molar-refractivity contribution is -0.174. The lowest BCUT2D eigenvalue weighted by atomic mass is 10.1. The van der Waals surface area contributed by atoms with Gasteiger partial charge in [-0.25, -0.2) is 0 Å². The molecule has 0 spiro atoms. The van der Waals surface area contributed by atoms with Crippen LogP contribution in [0.25, 0.3) is 0 Å². The zero-order valence-electron chi connectivity index (χ0n) is 8.55. The number of hydrogen-bond acceptors (Lipinski definition) is 2. The molecule has 0 aromatic carbocycles. The molecule has 3 nitrogen and oxygen atoms in total. The standard InChI is InChI=1S/C8H9F6N3/c1-4(15)6(8(12,13)14)17-3-5(2-16-17)7(9,10)11/h2-4,6H,15H2,1H3. The lowest BCUT2D eigenvalue weighted by Crippen LogP contribution is -2.40. The van der Waals surface area contributed by atoms with Gasteiger partial charge in [0.15, 0.2) is 6.04 Å². The fourth-order valence-electron chi connectivity index (χ4n) is 1.33. The highest BCUT2D eigenvalue weighted by Crippen LogP contribution is 2.34. The zero-order chi connectivity index (χ0) is 13.4. The smallest absolute Gasteiger partial charge is 0.326 e. The number of aromatic nitrogens is 2. The molecule has 0 saturated carbocycles. The third kappa shape index (κ3) is 3.11. The van der Waals surface area contributed by atoms with Crippen LogP contribution in [0.5, 0.6) is 0 Å². The Labute approximate surface area is 92.2 Å². The molecule has 0 bridgehead atoms. The number of rotatable bonds is 2. The summed E-state index contributed by atoms with van der Waals surface area (Å²) in [6.45, 7) is 1.05. The van der Waals surface area contributed by atoms with E-state index in [0.29, 0.717) is 12.4 Å². The summed E-state index contributed by atoms with van der Waals surface area (Å²) in [5.41, 5.74) is 3.87. The number of alkyl halides is 6. The van der Waals surface area contributed by atoms with Gasteiger partial charge in [-0.05, 0) is 6.92 Å². The van der Waals surface area contributed by atoms with Gasteiger partial charge in [0.1, 0.15) is 0 Å². The Balaban J connectivity index is 3.10. The molecule has 1 aromatic rings. The maximum absolute atomic E-state index is 12.5. The van der Waals surface area contributed by atoms with Crippen LogP contribution in [0.15, 0.2) is 12.4 Å². The van der Waals surface area contributed by atoms with Crippen LogP contribution >= 0.6 is 0 Å². The summed E-state index contributed by atoms with van der Waals surface area (Å²) in [4.78, 5) is 0. The van der Waals surface area contributed by atoms with E-state index in [-0.39, 0.29) is 4.68 Å². The van der Waals surface area contributed by atoms with Crippen LogP contribution in [-0.4, -0.2) is 22.0 Å². The largest absolute Gasteiger partial charge is 0.419 e. The molecular weight excluding hydrogens is 252 g/mol. The van der Waals surface area contributed by atoms with E-state index >= 15 is 0 Å². The lowest BCUT2D eigenvalue weighted by Gasteiger charge is -2.23. The predicted octanol–water partition coefficient (Wildman–Crippen LogP) is 2.35. The second-order valence-electron chi connectivity index (χ2n) is 3.55. The molecule has 17 heavy (non-hydrogen) atoms. The quantitative estimate of drug-likeness (QED) is 0.830. The first-order valence-corrected chi connectivity index (χ1v) is 4.47. The maximum atomic E-state index is 12.5. The Kier molecular flexibility index (Phi) is 3.42. The molecule has 2 atom stereocenters. The number of halogens is 6. The predicted molar refractivity (Wildman–Crippen MR) is 46.0 cm³/mol. The molecule has 0 radical (unpaired) electrons. The van der Waals surface area contributed by atoms with Crippen molar-refractivity contribution in [3.8, 4) is 0 Å². The minimum absolute atomic E-state index is 0.188. The highest BCUT2D eigenvalue weighted by molar-refractivity contribution is 5.09. The van der Waals surface area contributed by atoms with Crippen molar-refractivity contribution in [1.29, 1.82) is 0 Å². The van der Waals surface area contributed by atoms with Crippen molar-refractivity contribution in [2.75, 3.05) is 0 Å². The molecule has 0 fully saturated rings. The van der Waals surface area contributed by atoms with Gasteiger partial charge >= 0.3 is 12.4 Å². The van der Waals surface area contributed by atoms with Gasteiger partial charge in [-0.3, -0.25) is 4.68 Å². The van der Waals surface area contributed by atoms with Crippen LogP contribution in [0.3, 0.4) is 0 Å². The maximum Gasteiger partial charge on any atom is 0.419 e. The number of nitrogens with two attached hydrogens (primary N) is 1. The summed E-state index contributed by atoms with van der Waals surface area (Å²) in [7, 11) is 0. The number of nitrogens with zero attached hydrogens (tertiary/aromatic N) is 2. The van der Waals surface area contributed by atoms with E-state index in [2.05, 4.69) is 5.10 Å². The molecule has 2 N–H and O–H groups in total. The summed E-state index contributed by atoms with van der Waals surface area (Å²) in [6.07, 6.45) is -8.86. The molecular formula is C8H9F6N3. The van der Waals surface area contributed by atoms with Crippen molar-refractivity contribution in [3.63, 3.8) is 0 Å². The monoisotopic (exact) mass is 261 g/mol. The van der Waals surface area contributed by atoms with Gasteiger partial charge in [0, 0.05) is 12.2 Å². The molecule has 2 unspecified atom stereocenters. The van der Waals surface area contributed by atoms with E-state index in [1.807, 2.05) is 0 Å². The third-order valence-corrected chi connectivity index (χ3v) is 2.05. The van der Waals surface area contributed by atoms with E-state index < -0.39 is 30.0 Å². The average Bonchev–Trinajstić information content (AvgIpc) is 2.47. The summed E-state index contributed by atoms with van der Waals surface area (Å²) < 4.78 is 74.4. The molecule has 0 amide bonds. The van der Waals surface area contributed by atoms with Gasteiger partial charge < -0.3 is 5.73 Å². The van der Waals surface area contributed by atoms with Gasteiger partial charge in [0.05, 0.1) is 11.8 Å². The Bertz CT molecular complexity index is 377. The Hall–Kier alpha value is -1.25. The van der Waals surface area contributed by atoms with E-state index in [1.165, 1.54) is 0 Å². The fraction of sp³-hybridized carbons (Fsp3) is 0.625. The van der Waals surface area contributed by atoms with E-state index in [1.54, 1.807) is 0 Å². The average molecular weight is 261 g/mol. The topological polar surface area (TPSA) is 43.8 Å². The van der Waals surface area contributed by atoms with Crippen molar-refractivity contribution < 1.29 is 26.3 Å². The molecule has 1 heterocycles. The van der Waals surface area contributed by atoms with Crippen LogP contribution < -0.4 is 5.73 Å². The van der Waals surface area contributed by atoms with Crippen molar-refractivity contribution in [2.24, 2.45) is 5.73 Å². The molecule has 0 aliphatic rings. The van der Waals surface area contributed by atoms with Crippen LogP contribution in [0.4, 0.5) is 26.3 Å². The summed E-state index contributed by atoms with van der Waals surface area (Å²) >= 11 is 0. The molecule has 1 aromatic heterocycles. The molecule has 0 saturated heterocycles. The van der Waals surface area contributed by atoms with E-state index in [0.717, 1.165) is 6.92 Å². The van der Waals surface area contributed by atoms with Crippen molar-refractivity contribution in [2.45, 2.75) is 31.4 Å². The first-order valence-electron chi connectivity index (χ1n) is 4.47. The van der Waals surface area contributed by atoms with Gasteiger partial charge in [0.2, 0.25) is 0 Å². The SMILES string of the molecule is CC(N)C(n1cc(C(F)(F)F)cn1)C(F)(F)F. The third-order valence-electron chi connectivity index (χ3n) is 2.05. The Morgan fingerprint density at radius 2 is 1.76 bits per heavy atom. The summed E-state index contributed by atoms with van der Waals surface area (Å²) in [6, 6.07) is -3.69. The molecule has 1 rings (SSSR count). The summed E-state index contributed by atoms with van der Waals surface area (Å²) in [5.74, 6) is 0. The number of hydrogen-bond donors (Lipinski definition) is 1. The van der Waals surface area contributed by atoms with Gasteiger partial charge in [-0.2, -0.15) is 31.4 Å². The normalized spacial score (nSPS) is 16.9. The minimum Gasteiger partial charge on any atom is -0.326 e. The van der Waals surface area contributed by atoms with Gasteiger partial charge in [-0.1, -0.05) is 0 Å². The van der Waals surface area contributed by atoms with Crippen molar-refractivity contribution in [3.05, 3.63) is 18.0 Å². The second-order valence-corrected chi connectivity index (χ2v) is 3.55. The molecule has 98 valence electrons. The minimum atomic E-state index is -4.76. The first-order chi connectivity index (χ1) is 7.53. The van der Waals surface area contributed by atoms with Crippen molar-refractivity contribution in [1.82, 2.24) is 9.78 Å². The summed E-state index contributed by atoms with van der Waals surface area (Å²) in [5, 5.41) is 3.07. The van der Waals surface area contributed by atoms with Crippen LogP contribution in [0.1, 0.15) is 18.5 Å². The molecule has 0 aliphatic carbocycles. The van der Waals surface area contributed by atoms with Crippen LogP contribution in [0.2, 0.25) is 0 Å². The van der Waals surface area contributed by atoms with Gasteiger partial charge in [-0.15, -0.1) is 0 Å². The molecule has 9 heteroatoms. The van der Waals surface area contributed by atoms with Crippen LogP contribution in [-0.2, 0) is 6.18 Å². The van der Waals surface area contributed by atoms with Crippen LogP contribution in [0, 0.1) is 0 Å². The first kappa shape index (κ1) is 13.8. The van der Waals surface area contributed by atoms with E-state index in [9.17, 15) is 26.3 Å². The van der Waals surface area contributed by atoms with Gasteiger partial charge in [0.25, 0.3) is 0 Å². The molecule has 0 aliphatic heterocycles. The second kappa shape index (κ2) is 4.21. The zero-order valence-corrected chi connectivity index (χ0v) is 8.55.